The topological polar surface area (TPSA) is 72.2 Å². The Morgan fingerprint density at radius 1 is 0.964 bits per heavy atom. The number of Topliss-reactive ketones (excluding diaryl/α,β-unsaturated/α-hetero) is 1. The van der Waals surface area contributed by atoms with Crippen molar-refractivity contribution in [1.29, 1.82) is 0 Å². The number of nitrogens with zero attached hydrogens (tertiary/aromatic N) is 1. The SMILES string of the molecule is O=C1CCCC2=C1[C@@H](c1ccc([N+](=O)[O-])cc1)Nc1ccc3ccccc3c12. The highest BCUT2D eigenvalue weighted by molar-refractivity contribution is 6.12. The average molecular weight is 370 g/mol. The van der Waals surface area contributed by atoms with Gasteiger partial charge in [0.25, 0.3) is 5.69 Å². The third kappa shape index (κ3) is 2.51. The second-order valence-corrected chi connectivity index (χ2v) is 7.30. The predicted octanol–water partition coefficient (Wildman–Crippen LogP) is 5.42. The molecule has 5 nitrogen and oxygen atoms in total. The first-order valence-electron chi connectivity index (χ1n) is 9.43. The zero-order chi connectivity index (χ0) is 19.3. The molecule has 0 saturated heterocycles. The molecule has 0 bridgehead atoms. The maximum atomic E-state index is 12.9. The summed E-state index contributed by atoms with van der Waals surface area (Å²) in [4.78, 5) is 23.5. The summed E-state index contributed by atoms with van der Waals surface area (Å²) >= 11 is 0. The minimum absolute atomic E-state index is 0.0510. The third-order valence-electron chi connectivity index (χ3n) is 5.71. The molecule has 1 aliphatic carbocycles. The fraction of sp³-hybridized carbons (Fsp3) is 0.174. The van der Waals surface area contributed by atoms with Crippen molar-refractivity contribution in [3.63, 3.8) is 0 Å². The van der Waals surface area contributed by atoms with E-state index >= 15 is 0 Å². The predicted molar refractivity (Wildman–Crippen MR) is 109 cm³/mol. The number of hydrogen-bond donors (Lipinski definition) is 1. The maximum Gasteiger partial charge on any atom is 0.269 e. The molecule has 3 aromatic carbocycles. The van der Waals surface area contributed by atoms with Gasteiger partial charge >= 0.3 is 0 Å². The van der Waals surface area contributed by atoms with E-state index in [9.17, 15) is 14.9 Å². The van der Waals surface area contributed by atoms with Crippen LogP contribution >= 0.6 is 0 Å². The molecule has 0 fully saturated rings. The number of ketones is 1. The Morgan fingerprint density at radius 3 is 2.54 bits per heavy atom. The average Bonchev–Trinajstić information content (AvgIpc) is 2.73. The summed E-state index contributed by atoms with van der Waals surface area (Å²) in [7, 11) is 0. The van der Waals surface area contributed by atoms with Crippen LogP contribution in [0, 0.1) is 10.1 Å². The van der Waals surface area contributed by atoms with E-state index in [4.69, 9.17) is 0 Å². The minimum Gasteiger partial charge on any atom is -0.373 e. The summed E-state index contributed by atoms with van der Waals surface area (Å²) in [5.74, 6) is 0.163. The molecule has 5 heteroatoms. The number of hydrogen-bond acceptors (Lipinski definition) is 4. The molecule has 28 heavy (non-hydrogen) atoms. The Morgan fingerprint density at radius 2 is 1.75 bits per heavy atom. The van der Waals surface area contributed by atoms with Crippen molar-refractivity contribution in [2.24, 2.45) is 0 Å². The zero-order valence-electron chi connectivity index (χ0n) is 15.1. The summed E-state index contributed by atoms with van der Waals surface area (Å²) in [6.07, 6.45) is 2.27. The molecule has 0 aromatic heterocycles. The number of carbonyl (C=O) groups is 1. The number of nitro benzene ring substituents is 1. The van der Waals surface area contributed by atoms with Crippen LogP contribution in [0.15, 0.2) is 66.2 Å². The molecular weight excluding hydrogens is 352 g/mol. The first-order chi connectivity index (χ1) is 13.6. The van der Waals surface area contributed by atoms with Crippen LogP contribution in [0.2, 0.25) is 0 Å². The van der Waals surface area contributed by atoms with E-state index < -0.39 is 4.92 Å². The number of carbonyl (C=O) groups excluding carboxylic acids is 1. The summed E-state index contributed by atoms with van der Waals surface area (Å²) in [5.41, 5.74) is 4.98. The molecule has 1 heterocycles. The quantitative estimate of drug-likeness (QED) is 0.483. The van der Waals surface area contributed by atoms with Crippen LogP contribution in [0.5, 0.6) is 0 Å². The lowest BCUT2D eigenvalue weighted by molar-refractivity contribution is -0.384. The number of fused-ring (bicyclic) bond motifs is 4. The number of anilines is 1. The lowest BCUT2D eigenvalue weighted by Gasteiger charge is -2.35. The number of allylic oxidation sites excluding steroid dienone is 1. The summed E-state index contributed by atoms with van der Waals surface area (Å²) in [6, 6.07) is 18.6. The Hall–Kier alpha value is -3.47. The summed E-state index contributed by atoms with van der Waals surface area (Å²) in [6.45, 7) is 0. The Bertz CT molecular complexity index is 1160. The molecule has 0 radical (unpaired) electrons. The van der Waals surface area contributed by atoms with Crippen molar-refractivity contribution < 1.29 is 9.72 Å². The first kappa shape index (κ1) is 16.7. The molecule has 2 aliphatic rings. The van der Waals surface area contributed by atoms with Crippen molar-refractivity contribution in [3.05, 3.63) is 87.5 Å². The monoisotopic (exact) mass is 370 g/mol. The number of nitrogens with one attached hydrogen (secondary N) is 1. The van der Waals surface area contributed by atoms with Gasteiger partial charge in [0, 0.05) is 35.4 Å². The maximum absolute atomic E-state index is 12.9. The van der Waals surface area contributed by atoms with Gasteiger partial charge < -0.3 is 5.32 Å². The van der Waals surface area contributed by atoms with E-state index in [1.807, 2.05) is 12.1 Å². The number of rotatable bonds is 2. The molecule has 0 amide bonds. The normalized spacial score (nSPS) is 18.4. The van der Waals surface area contributed by atoms with Gasteiger partial charge in [-0.05, 0) is 52.9 Å². The second-order valence-electron chi connectivity index (χ2n) is 7.30. The van der Waals surface area contributed by atoms with Gasteiger partial charge in [0.2, 0.25) is 0 Å². The summed E-state index contributed by atoms with van der Waals surface area (Å²) in [5, 5.41) is 16.8. The molecule has 138 valence electrons. The van der Waals surface area contributed by atoms with Crippen LogP contribution in [-0.2, 0) is 4.79 Å². The third-order valence-corrected chi connectivity index (χ3v) is 5.71. The Balaban J connectivity index is 1.72. The summed E-state index contributed by atoms with van der Waals surface area (Å²) < 4.78 is 0. The minimum atomic E-state index is -0.407. The highest BCUT2D eigenvalue weighted by atomic mass is 16.6. The van der Waals surface area contributed by atoms with E-state index in [2.05, 4.69) is 29.6 Å². The van der Waals surface area contributed by atoms with Gasteiger partial charge in [-0.1, -0.05) is 30.3 Å². The van der Waals surface area contributed by atoms with E-state index in [-0.39, 0.29) is 17.5 Å². The van der Waals surface area contributed by atoms with E-state index in [1.54, 1.807) is 12.1 Å². The zero-order valence-corrected chi connectivity index (χ0v) is 15.1. The molecule has 1 N–H and O–H groups in total. The van der Waals surface area contributed by atoms with Gasteiger partial charge in [-0.15, -0.1) is 0 Å². The molecule has 1 atom stereocenters. The van der Waals surface area contributed by atoms with Crippen molar-refractivity contribution in [1.82, 2.24) is 0 Å². The Labute approximate surface area is 161 Å². The van der Waals surface area contributed by atoms with Crippen molar-refractivity contribution >= 4 is 33.5 Å². The van der Waals surface area contributed by atoms with E-state index in [1.165, 1.54) is 12.1 Å². The fourth-order valence-electron chi connectivity index (χ4n) is 4.44. The van der Waals surface area contributed by atoms with Gasteiger partial charge in [0.15, 0.2) is 5.78 Å². The van der Waals surface area contributed by atoms with E-state index in [0.29, 0.717) is 6.42 Å². The van der Waals surface area contributed by atoms with Crippen molar-refractivity contribution in [2.45, 2.75) is 25.3 Å². The lowest BCUT2D eigenvalue weighted by Crippen LogP contribution is -2.27. The second kappa shape index (κ2) is 6.30. The fourth-order valence-corrected chi connectivity index (χ4v) is 4.44. The van der Waals surface area contributed by atoms with E-state index in [0.717, 1.165) is 51.6 Å². The van der Waals surface area contributed by atoms with Gasteiger partial charge in [-0.2, -0.15) is 0 Å². The number of nitro groups is 1. The van der Waals surface area contributed by atoms with Crippen LogP contribution in [0.1, 0.15) is 36.4 Å². The first-order valence-corrected chi connectivity index (χ1v) is 9.43. The highest BCUT2D eigenvalue weighted by Crippen LogP contribution is 2.47. The van der Waals surface area contributed by atoms with Crippen LogP contribution in [0.3, 0.4) is 0 Å². The molecule has 3 aromatic rings. The van der Waals surface area contributed by atoms with Gasteiger partial charge in [-0.3, -0.25) is 14.9 Å². The molecule has 0 spiro atoms. The molecule has 1 aliphatic heterocycles. The van der Waals surface area contributed by atoms with Crippen LogP contribution in [-0.4, -0.2) is 10.7 Å². The van der Waals surface area contributed by atoms with Crippen molar-refractivity contribution in [2.75, 3.05) is 5.32 Å². The number of benzene rings is 3. The standard InChI is InChI=1S/C23H18N2O3/c26-20-7-3-6-18-21-17-5-2-1-4-14(17)10-13-19(21)24-23(22(18)20)15-8-11-16(12-9-15)25(27)28/h1-2,4-5,8-13,23-24H,3,6-7H2/t23-/m1/s1. The van der Waals surface area contributed by atoms with Gasteiger partial charge in [0.1, 0.15) is 0 Å². The Kier molecular flexibility index (Phi) is 3.76. The van der Waals surface area contributed by atoms with Crippen LogP contribution in [0.25, 0.3) is 16.3 Å². The van der Waals surface area contributed by atoms with Gasteiger partial charge in [-0.25, -0.2) is 0 Å². The largest absolute Gasteiger partial charge is 0.373 e. The molecule has 0 saturated carbocycles. The van der Waals surface area contributed by atoms with Crippen LogP contribution in [0.4, 0.5) is 11.4 Å². The molecular formula is C23H18N2O3. The number of non-ortho nitro benzene ring substituents is 1. The van der Waals surface area contributed by atoms with Crippen LogP contribution < -0.4 is 5.32 Å². The molecule has 5 rings (SSSR count). The molecule has 0 unspecified atom stereocenters. The smallest absolute Gasteiger partial charge is 0.269 e. The lowest BCUT2D eigenvalue weighted by atomic mass is 9.77. The van der Waals surface area contributed by atoms with Gasteiger partial charge in [0.05, 0.1) is 11.0 Å². The van der Waals surface area contributed by atoms with Crippen molar-refractivity contribution in [3.8, 4) is 0 Å². The highest BCUT2D eigenvalue weighted by Gasteiger charge is 2.34.